The van der Waals surface area contributed by atoms with Gasteiger partial charge in [-0.1, -0.05) is 34.1 Å². The van der Waals surface area contributed by atoms with Crippen LogP contribution in [0.4, 0.5) is 5.69 Å². The van der Waals surface area contributed by atoms with E-state index in [-0.39, 0.29) is 17.9 Å². The molecule has 0 aromatic heterocycles. The molecule has 2 unspecified atom stereocenters. The fourth-order valence-corrected chi connectivity index (χ4v) is 2.55. The van der Waals surface area contributed by atoms with Gasteiger partial charge in [0.2, 0.25) is 5.91 Å². The van der Waals surface area contributed by atoms with Gasteiger partial charge in [0.15, 0.2) is 0 Å². The molecule has 0 radical (unpaired) electrons. The summed E-state index contributed by atoms with van der Waals surface area (Å²) in [6.07, 6.45) is 0.829. The Morgan fingerprint density at radius 3 is 2.94 bits per heavy atom. The number of benzene rings is 1. The minimum absolute atomic E-state index is 0.0196. The van der Waals surface area contributed by atoms with Gasteiger partial charge in [-0.05, 0) is 25.0 Å². The van der Waals surface area contributed by atoms with Crippen molar-refractivity contribution < 1.29 is 9.53 Å². The maximum atomic E-state index is 12.1. The van der Waals surface area contributed by atoms with Crippen LogP contribution < -0.4 is 5.32 Å². The molecule has 1 fully saturated rings. The van der Waals surface area contributed by atoms with Crippen LogP contribution in [-0.2, 0) is 14.9 Å². The van der Waals surface area contributed by atoms with Crippen molar-refractivity contribution in [1.82, 2.24) is 0 Å². The van der Waals surface area contributed by atoms with Crippen LogP contribution >= 0.6 is 15.9 Å². The van der Waals surface area contributed by atoms with Crippen molar-refractivity contribution in [3.05, 3.63) is 29.8 Å². The number of anilines is 1. The van der Waals surface area contributed by atoms with Crippen LogP contribution in [0.5, 0.6) is 0 Å². The first kappa shape index (κ1) is 12.6. The molecule has 17 heavy (non-hydrogen) atoms. The summed E-state index contributed by atoms with van der Waals surface area (Å²) in [6, 6.07) is 7.82. The molecule has 0 bridgehead atoms. The summed E-state index contributed by atoms with van der Waals surface area (Å²) in [7, 11) is 0. The van der Waals surface area contributed by atoms with Crippen molar-refractivity contribution in [2.75, 3.05) is 11.9 Å². The van der Waals surface area contributed by atoms with E-state index in [4.69, 9.17) is 4.74 Å². The summed E-state index contributed by atoms with van der Waals surface area (Å²) in [5.41, 5.74) is 1.97. The highest BCUT2D eigenvalue weighted by Crippen LogP contribution is 2.24. The Bertz CT molecular complexity index is 408. The van der Waals surface area contributed by atoms with Gasteiger partial charge in [-0.2, -0.15) is 0 Å². The number of rotatable bonds is 3. The van der Waals surface area contributed by atoms with Crippen LogP contribution in [0.1, 0.15) is 18.9 Å². The molecule has 1 heterocycles. The van der Waals surface area contributed by atoms with Crippen molar-refractivity contribution in [2.24, 2.45) is 5.92 Å². The van der Waals surface area contributed by atoms with E-state index in [0.717, 1.165) is 23.0 Å². The first-order chi connectivity index (χ1) is 8.22. The second-order valence-electron chi connectivity index (χ2n) is 4.25. The van der Waals surface area contributed by atoms with E-state index in [9.17, 15) is 4.79 Å². The molecule has 92 valence electrons. The SMILES string of the molecule is CC1OCCC1C(=O)Nc1ccccc1CBr. The third-order valence-corrected chi connectivity index (χ3v) is 3.74. The summed E-state index contributed by atoms with van der Waals surface area (Å²) in [4.78, 5) is 12.1. The normalized spacial score (nSPS) is 23.6. The van der Waals surface area contributed by atoms with Crippen molar-refractivity contribution in [1.29, 1.82) is 0 Å². The zero-order chi connectivity index (χ0) is 12.3. The average molecular weight is 298 g/mol. The maximum Gasteiger partial charge on any atom is 0.230 e. The Hall–Kier alpha value is -0.870. The first-order valence-corrected chi connectivity index (χ1v) is 6.91. The molecule has 1 amide bonds. The lowest BCUT2D eigenvalue weighted by atomic mass is 10.0. The van der Waals surface area contributed by atoms with Gasteiger partial charge >= 0.3 is 0 Å². The average Bonchev–Trinajstić information content (AvgIpc) is 2.76. The lowest BCUT2D eigenvalue weighted by Gasteiger charge is -2.15. The van der Waals surface area contributed by atoms with E-state index in [0.29, 0.717) is 6.61 Å². The molecule has 1 saturated heterocycles. The number of ether oxygens (including phenoxy) is 1. The van der Waals surface area contributed by atoms with Gasteiger partial charge in [0.1, 0.15) is 0 Å². The predicted molar refractivity (Wildman–Crippen MR) is 71.2 cm³/mol. The van der Waals surface area contributed by atoms with Crippen molar-refractivity contribution in [3.63, 3.8) is 0 Å². The molecule has 2 rings (SSSR count). The number of nitrogens with one attached hydrogen (secondary N) is 1. The minimum Gasteiger partial charge on any atom is -0.378 e. The monoisotopic (exact) mass is 297 g/mol. The van der Waals surface area contributed by atoms with Gasteiger partial charge in [-0.25, -0.2) is 0 Å². The van der Waals surface area contributed by atoms with Gasteiger partial charge < -0.3 is 10.1 Å². The second-order valence-corrected chi connectivity index (χ2v) is 4.81. The zero-order valence-corrected chi connectivity index (χ0v) is 11.4. The van der Waals surface area contributed by atoms with Gasteiger partial charge in [-0.15, -0.1) is 0 Å². The number of hydrogen-bond donors (Lipinski definition) is 1. The van der Waals surface area contributed by atoms with E-state index in [1.807, 2.05) is 31.2 Å². The highest BCUT2D eigenvalue weighted by atomic mass is 79.9. The van der Waals surface area contributed by atoms with Gasteiger partial charge in [0, 0.05) is 17.6 Å². The molecule has 0 spiro atoms. The molecule has 3 nitrogen and oxygen atoms in total. The smallest absolute Gasteiger partial charge is 0.230 e. The highest BCUT2D eigenvalue weighted by Gasteiger charge is 2.30. The minimum atomic E-state index is -0.0293. The molecule has 0 aliphatic carbocycles. The predicted octanol–water partition coefficient (Wildman–Crippen LogP) is 2.95. The third kappa shape index (κ3) is 2.87. The molecule has 2 atom stereocenters. The van der Waals surface area contributed by atoms with E-state index < -0.39 is 0 Å². The van der Waals surface area contributed by atoms with E-state index >= 15 is 0 Å². The number of carbonyl (C=O) groups excluding carboxylic acids is 1. The maximum absolute atomic E-state index is 12.1. The fraction of sp³-hybridized carbons (Fsp3) is 0.462. The molecule has 4 heteroatoms. The standard InChI is InChI=1S/C13H16BrNO2/c1-9-11(6-7-17-9)13(16)15-12-5-3-2-4-10(12)8-14/h2-5,9,11H,6-8H2,1H3,(H,15,16). The number of amides is 1. The summed E-state index contributed by atoms with van der Waals surface area (Å²) < 4.78 is 5.41. The Balaban J connectivity index is 2.07. The lowest BCUT2D eigenvalue weighted by Crippen LogP contribution is -2.28. The molecule has 1 aromatic carbocycles. The number of carbonyl (C=O) groups is 1. The number of hydrogen-bond acceptors (Lipinski definition) is 2. The first-order valence-electron chi connectivity index (χ1n) is 5.78. The van der Waals surface area contributed by atoms with Crippen molar-refractivity contribution >= 4 is 27.5 Å². The van der Waals surface area contributed by atoms with Crippen LogP contribution in [0, 0.1) is 5.92 Å². The summed E-state index contributed by atoms with van der Waals surface area (Å²) in [6.45, 7) is 2.63. The van der Waals surface area contributed by atoms with Crippen molar-refractivity contribution in [3.8, 4) is 0 Å². The Kier molecular flexibility index (Phi) is 4.18. The molecular weight excluding hydrogens is 282 g/mol. The van der Waals surface area contributed by atoms with E-state index in [1.54, 1.807) is 0 Å². The Morgan fingerprint density at radius 1 is 1.53 bits per heavy atom. The third-order valence-electron chi connectivity index (χ3n) is 3.13. The Morgan fingerprint density at radius 2 is 2.29 bits per heavy atom. The molecule has 1 N–H and O–H groups in total. The van der Waals surface area contributed by atoms with E-state index in [2.05, 4.69) is 21.2 Å². The highest BCUT2D eigenvalue weighted by molar-refractivity contribution is 9.08. The summed E-state index contributed by atoms with van der Waals surface area (Å²) in [5.74, 6) is 0.0294. The zero-order valence-electron chi connectivity index (χ0n) is 9.78. The number of halogens is 1. The van der Waals surface area contributed by atoms with E-state index in [1.165, 1.54) is 0 Å². The molecule has 1 aromatic rings. The van der Waals surface area contributed by atoms with Gasteiger partial charge in [0.25, 0.3) is 0 Å². The van der Waals surface area contributed by atoms with Gasteiger partial charge in [-0.3, -0.25) is 4.79 Å². The molecule has 1 aliphatic rings. The fourth-order valence-electron chi connectivity index (χ4n) is 2.06. The molecular formula is C13H16BrNO2. The Labute approximate surface area is 110 Å². The largest absolute Gasteiger partial charge is 0.378 e. The van der Waals surface area contributed by atoms with Gasteiger partial charge in [0.05, 0.1) is 12.0 Å². The molecule has 0 saturated carbocycles. The number of para-hydroxylation sites is 1. The van der Waals surface area contributed by atoms with Crippen LogP contribution in [0.25, 0.3) is 0 Å². The summed E-state index contributed by atoms with van der Waals surface area (Å²) >= 11 is 3.42. The number of alkyl halides is 1. The van der Waals surface area contributed by atoms with Crippen molar-refractivity contribution in [2.45, 2.75) is 24.8 Å². The molecule has 1 aliphatic heterocycles. The van der Waals surface area contributed by atoms with Crippen LogP contribution in [0.2, 0.25) is 0 Å². The topological polar surface area (TPSA) is 38.3 Å². The lowest BCUT2D eigenvalue weighted by molar-refractivity contribution is -0.121. The van der Waals surface area contributed by atoms with Crippen LogP contribution in [0.15, 0.2) is 24.3 Å². The van der Waals surface area contributed by atoms with Crippen LogP contribution in [-0.4, -0.2) is 18.6 Å². The summed E-state index contributed by atoms with van der Waals surface area (Å²) in [5, 5.41) is 3.72. The second kappa shape index (κ2) is 5.65. The quantitative estimate of drug-likeness (QED) is 0.871. The van der Waals surface area contributed by atoms with Crippen LogP contribution in [0.3, 0.4) is 0 Å².